The number of carbonyl (C=O) groups is 1. The molecule has 1 aromatic carbocycles. The minimum Gasteiger partial charge on any atom is -0.492 e. The molecule has 21 heavy (non-hydrogen) atoms. The summed E-state index contributed by atoms with van der Waals surface area (Å²) in [4.78, 5) is 12.0. The molecular formula is C18H22O3. The third-order valence-corrected chi connectivity index (χ3v) is 6.00. The number of ether oxygens (including phenoxy) is 1. The Morgan fingerprint density at radius 1 is 1.29 bits per heavy atom. The molecule has 1 heterocycles. The van der Waals surface area contributed by atoms with Crippen LogP contribution in [0, 0.1) is 23.2 Å². The van der Waals surface area contributed by atoms with Crippen LogP contribution in [0.2, 0.25) is 0 Å². The zero-order chi connectivity index (χ0) is 14.4. The van der Waals surface area contributed by atoms with Crippen molar-refractivity contribution >= 4 is 5.97 Å². The second-order valence-corrected chi connectivity index (χ2v) is 7.30. The molecule has 112 valence electrons. The summed E-state index contributed by atoms with van der Waals surface area (Å²) in [6, 6.07) is 7.87. The number of rotatable bonds is 3. The van der Waals surface area contributed by atoms with E-state index in [0.717, 1.165) is 29.6 Å². The van der Waals surface area contributed by atoms with E-state index in [2.05, 4.69) is 0 Å². The Kier molecular flexibility index (Phi) is 2.98. The fourth-order valence-corrected chi connectivity index (χ4v) is 4.91. The van der Waals surface area contributed by atoms with Crippen molar-refractivity contribution in [2.24, 2.45) is 23.2 Å². The minimum absolute atomic E-state index is 0.327. The summed E-state index contributed by atoms with van der Waals surface area (Å²) in [5.41, 5.74) is 0.332. The van der Waals surface area contributed by atoms with Crippen molar-refractivity contribution < 1.29 is 14.6 Å². The largest absolute Gasteiger partial charge is 0.492 e. The lowest BCUT2D eigenvalue weighted by molar-refractivity contribution is -0.153. The van der Waals surface area contributed by atoms with Crippen molar-refractivity contribution in [1.82, 2.24) is 0 Å². The second kappa shape index (κ2) is 4.75. The van der Waals surface area contributed by atoms with Gasteiger partial charge in [-0.2, -0.15) is 0 Å². The lowest BCUT2D eigenvalue weighted by Gasteiger charge is -2.38. The normalized spacial score (nSPS) is 37.0. The molecule has 3 nitrogen and oxygen atoms in total. The van der Waals surface area contributed by atoms with Crippen LogP contribution in [0.5, 0.6) is 5.75 Å². The summed E-state index contributed by atoms with van der Waals surface area (Å²) in [6.07, 6.45) is 6.65. The predicted molar refractivity (Wildman–Crippen MR) is 79.3 cm³/mol. The first-order valence-corrected chi connectivity index (χ1v) is 8.10. The first-order valence-electron chi connectivity index (χ1n) is 8.10. The van der Waals surface area contributed by atoms with Crippen LogP contribution in [0.4, 0.5) is 0 Å². The maximum absolute atomic E-state index is 12.0. The molecule has 4 atom stereocenters. The number of fused-ring (bicyclic) bond motifs is 3. The maximum atomic E-state index is 12.0. The van der Waals surface area contributed by atoms with E-state index in [9.17, 15) is 9.90 Å². The van der Waals surface area contributed by atoms with Crippen LogP contribution in [0.15, 0.2) is 24.3 Å². The highest BCUT2D eigenvalue weighted by molar-refractivity contribution is 5.76. The van der Waals surface area contributed by atoms with E-state index in [0.29, 0.717) is 18.9 Å². The van der Waals surface area contributed by atoms with E-state index in [-0.39, 0.29) is 0 Å². The van der Waals surface area contributed by atoms with Gasteiger partial charge >= 0.3 is 5.97 Å². The number of carboxylic acid groups (broad SMARTS) is 1. The highest BCUT2D eigenvalue weighted by atomic mass is 16.5. The van der Waals surface area contributed by atoms with Gasteiger partial charge in [0.25, 0.3) is 0 Å². The van der Waals surface area contributed by atoms with Crippen molar-refractivity contribution in [3.8, 4) is 5.75 Å². The monoisotopic (exact) mass is 286 g/mol. The van der Waals surface area contributed by atoms with Crippen molar-refractivity contribution in [2.45, 2.75) is 38.5 Å². The molecule has 2 saturated carbocycles. The Bertz CT molecular complexity index is 567. The van der Waals surface area contributed by atoms with Gasteiger partial charge in [-0.25, -0.2) is 0 Å². The van der Waals surface area contributed by atoms with Gasteiger partial charge in [-0.1, -0.05) is 24.6 Å². The van der Waals surface area contributed by atoms with E-state index in [1.54, 1.807) is 0 Å². The Hall–Kier alpha value is -1.51. The van der Waals surface area contributed by atoms with E-state index in [1.165, 1.54) is 25.7 Å². The molecule has 4 unspecified atom stereocenters. The molecule has 0 amide bonds. The first-order chi connectivity index (χ1) is 10.2. The molecule has 2 fully saturated rings. The molecule has 0 spiro atoms. The number of aliphatic carboxylic acids is 1. The van der Waals surface area contributed by atoms with Crippen LogP contribution in [-0.2, 0) is 11.2 Å². The van der Waals surface area contributed by atoms with Gasteiger partial charge in [-0.3, -0.25) is 4.79 Å². The minimum atomic E-state index is -0.719. The molecule has 1 aliphatic heterocycles. The SMILES string of the molecule is O=C(O)C1(CC2CC3CCC2C3)COc2ccccc2C1. The van der Waals surface area contributed by atoms with Gasteiger partial charge in [0.2, 0.25) is 0 Å². The quantitative estimate of drug-likeness (QED) is 0.924. The summed E-state index contributed by atoms with van der Waals surface area (Å²) in [5.74, 6) is 2.40. The van der Waals surface area contributed by atoms with Crippen LogP contribution < -0.4 is 4.74 Å². The molecule has 1 aromatic rings. The summed E-state index contributed by atoms with van der Waals surface area (Å²) in [6.45, 7) is 0.327. The number of hydrogen-bond acceptors (Lipinski definition) is 2. The lowest BCUT2D eigenvalue weighted by atomic mass is 9.70. The average molecular weight is 286 g/mol. The smallest absolute Gasteiger partial charge is 0.313 e. The number of benzene rings is 1. The van der Waals surface area contributed by atoms with E-state index in [4.69, 9.17) is 4.74 Å². The first kappa shape index (κ1) is 13.2. The number of hydrogen-bond donors (Lipinski definition) is 1. The third kappa shape index (κ3) is 2.14. The predicted octanol–water partition coefficient (Wildman–Crippen LogP) is 3.52. The van der Waals surface area contributed by atoms with E-state index >= 15 is 0 Å². The fourth-order valence-electron chi connectivity index (χ4n) is 4.91. The Morgan fingerprint density at radius 2 is 2.14 bits per heavy atom. The van der Waals surface area contributed by atoms with Crippen molar-refractivity contribution in [3.63, 3.8) is 0 Å². The molecule has 2 aliphatic carbocycles. The van der Waals surface area contributed by atoms with Crippen LogP contribution in [-0.4, -0.2) is 17.7 Å². The summed E-state index contributed by atoms with van der Waals surface area (Å²) < 4.78 is 5.81. The summed E-state index contributed by atoms with van der Waals surface area (Å²) >= 11 is 0. The molecule has 3 aliphatic rings. The topological polar surface area (TPSA) is 46.5 Å². The lowest BCUT2D eigenvalue weighted by Crippen LogP contribution is -2.44. The summed E-state index contributed by atoms with van der Waals surface area (Å²) in [5, 5.41) is 9.86. The van der Waals surface area contributed by atoms with Crippen molar-refractivity contribution in [2.75, 3.05) is 6.61 Å². The van der Waals surface area contributed by atoms with Crippen LogP contribution in [0.25, 0.3) is 0 Å². The van der Waals surface area contributed by atoms with Crippen LogP contribution in [0.3, 0.4) is 0 Å². The van der Waals surface area contributed by atoms with Gasteiger partial charge in [0.05, 0.1) is 0 Å². The maximum Gasteiger partial charge on any atom is 0.313 e. The van der Waals surface area contributed by atoms with Gasteiger partial charge in [-0.15, -0.1) is 0 Å². The Labute approximate surface area is 125 Å². The Morgan fingerprint density at radius 3 is 2.86 bits per heavy atom. The van der Waals surface area contributed by atoms with Crippen molar-refractivity contribution in [1.29, 1.82) is 0 Å². The molecule has 0 saturated heterocycles. The molecular weight excluding hydrogens is 264 g/mol. The molecule has 2 bridgehead atoms. The van der Waals surface area contributed by atoms with Gasteiger partial charge in [-0.05, 0) is 61.5 Å². The van der Waals surface area contributed by atoms with Gasteiger partial charge in [0.1, 0.15) is 17.8 Å². The fraction of sp³-hybridized carbons (Fsp3) is 0.611. The summed E-state index contributed by atoms with van der Waals surface area (Å²) in [7, 11) is 0. The third-order valence-electron chi connectivity index (χ3n) is 6.00. The Balaban J connectivity index is 1.58. The molecule has 0 aromatic heterocycles. The van der Waals surface area contributed by atoms with Gasteiger partial charge in [0, 0.05) is 0 Å². The zero-order valence-corrected chi connectivity index (χ0v) is 12.3. The number of carboxylic acids is 1. The molecule has 4 rings (SSSR count). The van der Waals surface area contributed by atoms with Crippen molar-refractivity contribution in [3.05, 3.63) is 29.8 Å². The van der Waals surface area contributed by atoms with Crippen LogP contribution >= 0.6 is 0 Å². The van der Waals surface area contributed by atoms with E-state index in [1.807, 2.05) is 24.3 Å². The molecule has 0 radical (unpaired) electrons. The standard InChI is InChI=1S/C18H22O3/c19-17(20)18(10-15-8-12-5-6-13(15)7-12)9-14-3-1-2-4-16(14)21-11-18/h1-4,12-13,15H,5-11H2,(H,19,20). The highest BCUT2D eigenvalue weighted by Gasteiger charge is 2.49. The average Bonchev–Trinajstić information content (AvgIpc) is 3.09. The molecule has 1 N–H and O–H groups in total. The van der Waals surface area contributed by atoms with Gasteiger partial charge in [0.15, 0.2) is 0 Å². The number of para-hydroxylation sites is 1. The van der Waals surface area contributed by atoms with Crippen LogP contribution in [0.1, 0.15) is 37.7 Å². The zero-order valence-electron chi connectivity index (χ0n) is 12.3. The van der Waals surface area contributed by atoms with E-state index < -0.39 is 11.4 Å². The second-order valence-electron chi connectivity index (χ2n) is 7.30. The van der Waals surface area contributed by atoms with Gasteiger partial charge < -0.3 is 9.84 Å². The highest BCUT2D eigenvalue weighted by Crippen LogP contribution is 2.53. The molecule has 3 heteroatoms.